The van der Waals surface area contributed by atoms with Gasteiger partial charge < -0.3 is 9.84 Å². The molecular formula is C12H25NO3. The molecule has 0 radical (unpaired) electrons. The molecule has 0 aliphatic heterocycles. The van der Waals surface area contributed by atoms with Crippen molar-refractivity contribution in [2.75, 3.05) is 26.3 Å². The van der Waals surface area contributed by atoms with Crippen LogP contribution in [0.15, 0.2) is 0 Å². The van der Waals surface area contributed by atoms with Crippen LogP contribution in [0.1, 0.15) is 40.0 Å². The summed E-state index contributed by atoms with van der Waals surface area (Å²) in [5.74, 6) is -0.154. The van der Waals surface area contributed by atoms with E-state index in [0.29, 0.717) is 19.2 Å². The average molecular weight is 231 g/mol. The third kappa shape index (κ3) is 7.65. The quantitative estimate of drug-likeness (QED) is 0.481. The normalized spacial score (nSPS) is 11.1. The van der Waals surface area contributed by atoms with E-state index in [1.54, 1.807) is 0 Å². The van der Waals surface area contributed by atoms with Crippen LogP contribution in [-0.4, -0.2) is 48.3 Å². The van der Waals surface area contributed by atoms with Crippen LogP contribution >= 0.6 is 0 Å². The molecule has 0 unspecified atom stereocenters. The van der Waals surface area contributed by atoms with E-state index in [9.17, 15) is 4.79 Å². The van der Waals surface area contributed by atoms with Crippen molar-refractivity contribution in [2.24, 2.45) is 0 Å². The van der Waals surface area contributed by atoms with Gasteiger partial charge in [0.1, 0.15) is 0 Å². The highest BCUT2D eigenvalue weighted by Crippen LogP contribution is 2.03. The highest BCUT2D eigenvalue weighted by atomic mass is 16.5. The van der Waals surface area contributed by atoms with Gasteiger partial charge in [0.2, 0.25) is 0 Å². The van der Waals surface area contributed by atoms with Gasteiger partial charge in [-0.05, 0) is 46.6 Å². The molecule has 0 aliphatic rings. The van der Waals surface area contributed by atoms with Crippen molar-refractivity contribution in [2.45, 2.75) is 46.1 Å². The van der Waals surface area contributed by atoms with E-state index in [-0.39, 0.29) is 12.6 Å². The monoisotopic (exact) mass is 231 g/mol. The second-order valence-corrected chi connectivity index (χ2v) is 4.15. The van der Waals surface area contributed by atoms with Crippen LogP contribution in [0.4, 0.5) is 0 Å². The zero-order valence-electron chi connectivity index (χ0n) is 10.7. The molecule has 0 saturated carbocycles. The molecule has 96 valence electrons. The first-order valence-corrected chi connectivity index (χ1v) is 6.12. The van der Waals surface area contributed by atoms with E-state index < -0.39 is 0 Å². The lowest BCUT2D eigenvalue weighted by Gasteiger charge is -2.25. The molecule has 0 aliphatic carbocycles. The topological polar surface area (TPSA) is 49.8 Å². The molecule has 0 spiro atoms. The maximum absolute atomic E-state index is 11.3. The van der Waals surface area contributed by atoms with E-state index in [4.69, 9.17) is 9.84 Å². The van der Waals surface area contributed by atoms with Gasteiger partial charge in [0.05, 0.1) is 13.2 Å². The summed E-state index contributed by atoms with van der Waals surface area (Å²) in [7, 11) is 0. The summed E-state index contributed by atoms with van der Waals surface area (Å²) in [6.07, 6.45) is 2.85. The second kappa shape index (κ2) is 9.60. The first kappa shape index (κ1) is 15.4. The molecule has 1 N–H and O–H groups in total. The van der Waals surface area contributed by atoms with Crippen molar-refractivity contribution in [1.29, 1.82) is 0 Å². The van der Waals surface area contributed by atoms with E-state index in [0.717, 1.165) is 25.8 Å². The fraction of sp³-hybridized carbons (Fsp3) is 0.917. The molecule has 0 rings (SSSR count). The van der Waals surface area contributed by atoms with Crippen LogP contribution < -0.4 is 0 Å². The summed E-state index contributed by atoms with van der Waals surface area (Å²) in [5.41, 5.74) is 0. The molecule has 0 saturated heterocycles. The Balaban J connectivity index is 3.83. The Labute approximate surface area is 98.6 Å². The summed E-state index contributed by atoms with van der Waals surface area (Å²) in [6, 6.07) is 0.346. The molecule has 0 fully saturated rings. The van der Waals surface area contributed by atoms with E-state index >= 15 is 0 Å². The predicted octanol–water partition coefficient (Wildman–Crippen LogP) is 1.42. The largest absolute Gasteiger partial charge is 0.465 e. The lowest BCUT2D eigenvalue weighted by atomic mass is 10.2. The van der Waals surface area contributed by atoms with Gasteiger partial charge in [-0.25, -0.2) is 0 Å². The molecular weight excluding hydrogens is 206 g/mol. The van der Waals surface area contributed by atoms with Gasteiger partial charge in [0.15, 0.2) is 0 Å². The number of aliphatic hydroxyl groups excluding tert-OH is 1. The highest BCUT2D eigenvalue weighted by molar-refractivity contribution is 5.71. The first-order valence-electron chi connectivity index (χ1n) is 6.12. The van der Waals surface area contributed by atoms with Gasteiger partial charge >= 0.3 is 5.97 Å². The maximum Gasteiger partial charge on any atom is 0.320 e. The SMILES string of the molecule is CCOC(=O)CN(CCCCCO)C(C)C. The Morgan fingerprint density at radius 1 is 1.31 bits per heavy atom. The van der Waals surface area contributed by atoms with Crippen LogP contribution in [0.25, 0.3) is 0 Å². The van der Waals surface area contributed by atoms with Crippen LogP contribution in [0.2, 0.25) is 0 Å². The van der Waals surface area contributed by atoms with Crippen LogP contribution in [0, 0.1) is 0 Å². The number of unbranched alkanes of at least 4 members (excludes halogenated alkanes) is 2. The Kier molecular flexibility index (Phi) is 9.24. The molecule has 0 atom stereocenters. The Bertz CT molecular complexity index is 183. The van der Waals surface area contributed by atoms with Crippen molar-refractivity contribution in [1.82, 2.24) is 4.90 Å². The molecule has 0 heterocycles. The lowest BCUT2D eigenvalue weighted by molar-refractivity contribution is -0.144. The fourth-order valence-corrected chi connectivity index (χ4v) is 1.50. The Morgan fingerprint density at radius 2 is 2.00 bits per heavy atom. The highest BCUT2D eigenvalue weighted by Gasteiger charge is 2.13. The van der Waals surface area contributed by atoms with E-state index in [1.165, 1.54) is 0 Å². The third-order valence-electron chi connectivity index (χ3n) is 2.47. The first-order chi connectivity index (χ1) is 7.61. The van der Waals surface area contributed by atoms with Crippen molar-refractivity contribution >= 4 is 5.97 Å². The predicted molar refractivity (Wildman–Crippen MR) is 64.3 cm³/mol. The van der Waals surface area contributed by atoms with Gasteiger partial charge in [-0.2, -0.15) is 0 Å². The minimum atomic E-state index is -0.154. The summed E-state index contributed by atoms with van der Waals surface area (Å²) in [6.45, 7) is 7.91. The van der Waals surface area contributed by atoms with Gasteiger partial charge in [-0.1, -0.05) is 0 Å². The van der Waals surface area contributed by atoms with Gasteiger partial charge in [0, 0.05) is 12.6 Å². The molecule has 16 heavy (non-hydrogen) atoms. The number of carbonyl (C=O) groups is 1. The smallest absolute Gasteiger partial charge is 0.320 e. The third-order valence-corrected chi connectivity index (χ3v) is 2.47. The Hall–Kier alpha value is -0.610. The van der Waals surface area contributed by atoms with Crippen LogP contribution in [-0.2, 0) is 9.53 Å². The average Bonchev–Trinajstić information content (AvgIpc) is 2.22. The number of aliphatic hydroxyl groups is 1. The molecule has 0 aromatic heterocycles. The fourth-order valence-electron chi connectivity index (χ4n) is 1.50. The maximum atomic E-state index is 11.3. The number of rotatable bonds is 9. The lowest BCUT2D eigenvalue weighted by Crippen LogP contribution is -2.37. The molecule has 4 nitrogen and oxygen atoms in total. The minimum Gasteiger partial charge on any atom is -0.465 e. The number of nitrogens with zero attached hydrogens (tertiary/aromatic N) is 1. The standard InChI is InChI=1S/C12H25NO3/c1-4-16-12(15)10-13(11(2)3)8-6-5-7-9-14/h11,14H,4-10H2,1-3H3. The van der Waals surface area contributed by atoms with Crippen molar-refractivity contribution in [3.8, 4) is 0 Å². The minimum absolute atomic E-state index is 0.154. The summed E-state index contributed by atoms with van der Waals surface area (Å²) >= 11 is 0. The zero-order chi connectivity index (χ0) is 12.4. The molecule has 4 heteroatoms. The van der Waals surface area contributed by atoms with E-state index in [2.05, 4.69) is 18.7 Å². The number of ether oxygens (including phenoxy) is 1. The van der Waals surface area contributed by atoms with Gasteiger partial charge in [0.25, 0.3) is 0 Å². The van der Waals surface area contributed by atoms with Gasteiger partial charge in [-0.15, -0.1) is 0 Å². The zero-order valence-corrected chi connectivity index (χ0v) is 10.7. The van der Waals surface area contributed by atoms with Gasteiger partial charge in [-0.3, -0.25) is 9.69 Å². The van der Waals surface area contributed by atoms with E-state index in [1.807, 2.05) is 6.92 Å². The second-order valence-electron chi connectivity index (χ2n) is 4.15. The molecule has 0 aromatic carbocycles. The van der Waals surface area contributed by atoms with Crippen LogP contribution in [0.5, 0.6) is 0 Å². The van der Waals surface area contributed by atoms with Crippen molar-refractivity contribution in [3.63, 3.8) is 0 Å². The van der Waals surface area contributed by atoms with Crippen molar-refractivity contribution < 1.29 is 14.6 Å². The number of esters is 1. The van der Waals surface area contributed by atoms with Crippen LogP contribution in [0.3, 0.4) is 0 Å². The van der Waals surface area contributed by atoms with Crippen molar-refractivity contribution in [3.05, 3.63) is 0 Å². The Morgan fingerprint density at radius 3 is 2.50 bits per heavy atom. The summed E-state index contributed by atoms with van der Waals surface area (Å²) in [4.78, 5) is 13.4. The number of carbonyl (C=O) groups excluding carboxylic acids is 1. The molecule has 0 aromatic rings. The summed E-state index contributed by atoms with van der Waals surface area (Å²) < 4.78 is 4.93. The summed E-state index contributed by atoms with van der Waals surface area (Å²) in [5, 5.41) is 8.67. The number of hydrogen-bond acceptors (Lipinski definition) is 4. The number of hydrogen-bond donors (Lipinski definition) is 1. The molecule has 0 amide bonds. The molecule has 0 bridgehead atoms.